The largest absolute Gasteiger partial charge is 0.435 e. The van der Waals surface area contributed by atoms with Crippen LogP contribution < -0.4 is 5.73 Å². The van der Waals surface area contributed by atoms with E-state index in [0.29, 0.717) is 0 Å². The number of nitrogens with one attached hydrogen (secondary N) is 1. The second kappa shape index (κ2) is 3.76. The summed E-state index contributed by atoms with van der Waals surface area (Å²) in [6.45, 7) is 0. The molecule has 17 heavy (non-hydrogen) atoms. The summed E-state index contributed by atoms with van der Waals surface area (Å²) in [5.41, 5.74) is 3.44. The maximum Gasteiger partial charge on any atom is 0.435 e. The number of nitrogen functional groups attached to an aromatic ring is 1. The summed E-state index contributed by atoms with van der Waals surface area (Å²) in [5, 5.41) is 5.07. The molecule has 0 unspecified atom stereocenters. The van der Waals surface area contributed by atoms with Crippen LogP contribution in [0.15, 0.2) is 24.3 Å². The van der Waals surface area contributed by atoms with Gasteiger partial charge in [-0.25, -0.2) is 4.39 Å². The molecular weight excluding hydrogens is 238 g/mol. The lowest BCUT2D eigenvalue weighted by molar-refractivity contribution is -0.140. The van der Waals surface area contributed by atoms with Gasteiger partial charge >= 0.3 is 6.18 Å². The predicted molar refractivity (Wildman–Crippen MR) is 53.4 cm³/mol. The number of nitrogens with zero attached hydrogens (tertiary/aromatic N) is 1. The molecule has 0 spiro atoms. The fourth-order valence-electron chi connectivity index (χ4n) is 1.50. The highest BCUT2D eigenvalue weighted by atomic mass is 19.4. The van der Waals surface area contributed by atoms with E-state index < -0.39 is 23.3 Å². The summed E-state index contributed by atoms with van der Waals surface area (Å²) < 4.78 is 51.3. The van der Waals surface area contributed by atoms with E-state index in [1.165, 1.54) is 18.2 Å². The second-order valence-electron chi connectivity index (χ2n) is 3.34. The Kier molecular flexibility index (Phi) is 2.53. The van der Waals surface area contributed by atoms with Gasteiger partial charge in [-0.2, -0.15) is 18.3 Å². The maximum absolute atomic E-state index is 13.4. The zero-order valence-electron chi connectivity index (χ0n) is 8.35. The first-order valence-corrected chi connectivity index (χ1v) is 4.57. The normalized spacial score (nSPS) is 11.8. The van der Waals surface area contributed by atoms with E-state index in [1.54, 1.807) is 0 Å². The smallest absolute Gasteiger partial charge is 0.384 e. The monoisotopic (exact) mass is 245 g/mol. The van der Waals surface area contributed by atoms with Crippen molar-refractivity contribution in [3.8, 4) is 11.1 Å². The van der Waals surface area contributed by atoms with Gasteiger partial charge < -0.3 is 5.73 Å². The lowest BCUT2D eigenvalue weighted by Crippen LogP contribution is -2.08. The zero-order chi connectivity index (χ0) is 12.6. The van der Waals surface area contributed by atoms with Gasteiger partial charge in [0.2, 0.25) is 0 Å². The topological polar surface area (TPSA) is 54.7 Å². The van der Waals surface area contributed by atoms with Crippen LogP contribution in [-0.2, 0) is 6.18 Å². The van der Waals surface area contributed by atoms with E-state index >= 15 is 0 Å². The van der Waals surface area contributed by atoms with Gasteiger partial charge in [0.25, 0.3) is 0 Å². The van der Waals surface area contributed by atoms with Crippen LogP contribution in [0.4, 0.5) is 23.4 Å². The Hall–Kier alpha value is -2.05. The Morgan fingerprint density at radius 1 is 1.18 bits per heavy atom. The number of alkyl halides is 3. The van der Waals surface area contributed by atoms with Crippen molar-refractivity contribution < 1.29 is 17.6 Å². The Morgan fingerprint density at radius 3 is 2.41 bits per heavy atom. The van der Waals surface area contributed by atoms with Crippen LogP contribution in [0.2, 0.25) is 0 Å². The standard InChI is InChI=1S/C10H7F4N3/c11-6-4-2-1-3-5(6)7-8(10(12,13)14)16-17-9(7)15/h1-4H,(H3,15,16,17). The highest BCUT2D eigenvalue weighted by Crippen LogP contribution is 2.39. The number of H-pyrrole nitrogens is 1. The SMILES string of the molecule is Nc1[nH]nc(C(F)(F)F)c1-c1ccccc1F. The highest BCUT2D eigenvalue weighted by molar-refractivity contribution is 5.77. The molecule has 2 aromatic rings. The maximum atomic E-state index is 13.4. The van der Waals surface area contributed by atoms with E-state index in [9.17, 15) is 17.6 Å². The van der Waals surface area contributed by atoms with E-state index in [0.717, 1.165) is 6.07 Å². The number of rotatable bonds is 1. The summed E-state index contributed by atoms with van der Waals surface area (Å²) in [4.78, 5) is 0. The third-order valence-electron chi connectivity index (χ3n) is 2.21. The minimum absolute atomic E-state index is 0.230. The van der Waals surface area contributed by atoms with Gasteiger partial charge in [-0.15, -0.1) is 0 Å². The van der Waals surface area contributed by atoms with Crippen LogP contribution in [0.1, 0.15) is 5.69 Å². The predicted octanol–water partition coefficient (Wildman–Crippen LogP) is 2.82. The second-order valence-corrected chi connectivity index (χ2v) is 3.34. The molecule has 1 aromatic carbocycles. The van der Waals surface area contributed by atoms with Crippen LogP contribution in [0, 0.1) is 5.82 Å². The van der Waals surface area contributed by atoms with Crippen molar-refractivity contribution in [2.24, 2.45) is 0 Å². The van der Waals surface area contributed by atoms with Gasteiger partial charge in [0.05, 0.1) is 5.56 Å². The Balaban J connectivity index is 2.68. The number of nitrogens with two attached hydrogens (primary N) is 1. The molecule has 0 fully saturated rings. The van der Waals surface area contributed by atoms with Gasteiger partial charge in [0, 0.05) is 5.56 Å². The van der Waals surface area contributed by atoms with E-state index in [2.05, 4.69) is 5.10 Å². The molecule has 0 atom stereocenters. The molecule has 3 N–H and O–H groups in total. The first kappa shape index (κ1) is 11.4. The quantitative estimate of drug-likeness (QED) is 0.759. The first-order valence-electron chi connectivity index (χ1n) is 4.57. The lowest BCUT2D eigenvalue weighted by atomic mass is 10.0. The molecule has 1 aromatic heterocycles. The van der Waals surface area contributed by atoms with Crippen LogP contribution in [0.5, 0.6) is 0 Å². The first-order chi connectivity index (χ1) is 7.91. The molecule has 0 aliphatic heterocycles. The third-order valence-corrected chi connectivity index (χ3v) is 2.21. The summed E-state index contributed by atoms with van der Waals surface area (Å²) in [5.74, 6) is -1.10. The molecule has 0 saturated carbocycles. The van der Waals surface area contributed by atoms with Crippen LogP contribution in [-0.4, -0.2) is 10.2 Å². The molecule has 3 nitrogen and oxygen atoms in total. The van der Waals surface area contributed by atoms with Crippen molar-refractivity contribution in [2.75, 3.05) is 5.73 Å². The molecule has 7 heteroatoms. The molecule has 90 valence electrons. The van der Waals surface area contributed by atoms with Crippen molar-refractivity contribution in [3.63, 3.8) is 0 Å². The van der Waals surface area contributed by atoms with Crippen molar-refractivity contribution >= 4 is 5.82 Å². The molecule has 1 heterocycles. The molecule has 0 radical (unpaired) electrons. The molecule has 2 rings (SSSR count). The summed E-state index contributed by atoms with van der Waals surface area (Å²) in [6, 6.07) is 5.07. The van der Waals surface area contributed by atoms with Gasteiger partial charge in [0.15, 0.2) is 5.69 Å². The van der Waals surface area contributed by atoms with Gasteiger partial charge in [-0.3, -0.25) is 5.10 Å². The van der Waals surface area contributed by atoms with Crippen LogP contribution in [0.3, 0.4) is 0 Å². The number of anilines is 1. The zero-order valence-corrected chi connectivity index (χ0v) is 8.35. The fourth-order valence-corrected chi connectivity index (χ4v) is 1.50. The summed E-state index contributed by atoms with van der Waals surface area (Å²) in [6.07, 6.45) is -4.69. The van der Waals surface area contributed by atoms with Crippen molar-refractivity contribution in [2.45, 2.75) is 6.18 Å². The fraction of sp³-hybridized carbons (Fsp3) is 0.100. The number of halogens is 4. The lowest BCUT2D eigenvalue weighted by Gasteiger charge is -2.07. The Bertz CT molecular complexity index is 545. The van der Waals surface area contributed by atoms with Crippen LogP contribution >= 0.6 is 0 Å². The van der Waals surface area contributed by atoms with Crippen molar-refractivity contribution in [3.05, 3.63) is 35.8 Å². The van der Waals surface area contributed by atoms with Crippen molar-refractivity contribution in [1.29, 1.82) is 0 Å². The average molecular weight is 245 g/mol. The summed E-state index contributed by atoms with van der Waals surface area (Å²) >= 11 is 0. The molecule has 0 aliphatic rings. The molecular formula is C10H7F4N3. The minimum Gasteiger partial charge on any atom is -0.384 e. The van der Waals surface area contributed by atoms with E-state index in [-0.39, 0.29) is 11.4 Å². The Labute approximate surface area is 93.3 Å². The number of benzene rings is 1. The van der Waals surface area contributed by atoms with Crippen molar-refractivity contribution in [1.82, 2.24) is 10.2 Å². The Morgan fingerprint density at radius 2 is 1.82 bits per heavy atom. The average Bonchev–Trinajstić information content (AvgIpc) is 2.60. The number of hydrogen-bond donors (Lipinski definition) is 2. The minimum atomic E-state index is -4.69. The molecule has 0 bridgehead atoms. The van der Waals surface area contributed by atoms with E-state index in [1.807, 2.05) is 5.10 Å². The number of aromatic nitrogens is 2. The van der Waals surface area contributed by atoms with Gasteiger partial charge in [-0.05, 0) is 6.07 Å². The van der Waals surface area contributed by atoms with E-state index in [4.69, 9.17) is 5.73 Å². The third kappa shape index (κ3) is 1.95. The van der Waals surface area contributed by atoms with Crippen LogP contribution in [0.25, 0.3) is 11.1 Å². The molecule has 0 amide bonds. The van der Waals surface area contributed by atoms with Gasteiger partial charge in [-0.1, -0.05) is 18.2 Å². The highest BCUT2D eigenvalue weighted by Gasteiger charge is 2.38. The molecule has 0 aliphatic carbocycles. The number of aromatic amines is 1. The number of hydrogen-bond acceptors (Lipinski definition) is 2. The summed E-state index contributed by atoms with van der Waals surface area (Å²) in [7, 11) is 0. The van der Waals surface area contributed by atoms with Gasteiger partial charge in [0.1, 0.15) is 11.6 Å². The molecule has 0 saturated heterocycles.